The van der Waals surface area contributed by atoms with E-state index >= 15 is 0 Å². The van der Waals surface area contributed by atoms with Crippen LogP contribution in [0.5, 0.6) is 0 Å². The van der Waals surface area contributed by atoms with Gasteiger partial charge in [-0.15, -0.1) is 17.3 Å². The fourth-order valence-electron chi connectivity index (χ4n) is 2.53. The van der Waals surface area contributed by atoms with Crippen LogP contribution in [0.3, 0.4) is 0 Å². The molecule has 0 unspecified atom stereocenters. The Kier molecular flexibility index (Phi) is 38.1. The summed E-state index contributed by atoms with van der Waals surface area (Å²) in [6.07, 6.45) is 13.2. The second-order valence-corrected chi connectivity index (χ2v) is 11.8. The monoisotopic (exact) mass is 673 g/mol. The molecule has 0 aliphatic rings. The summed E-state index contributed by atoms with van der Waals surface area (Å²) in [6.45, 7) is 14.6. The molecule has 211 valence electrons. The molecule has 1 radical (unpaired) electrons. The van der Waals surface area contributed by atoms with Gasteiger partial charge < -0.3 is 19.9 Å². The van der Waals surface area contributed by atoms with Gasteiger partial charge in [0, 0.05) is 18.5 Å². The zero-order chi connectivity index (χ0) is 28.4. The molecular weight excluding hydrogens is 625 g/mol. The third-order valence-corrected chi connectivity index (χ3v) is 7.37. The van der Waals surface area contributed by atoms with Crippen molar-refractivity contribution in [3.05, 3.63) is 35.5 Å². The van der Waals surface area contributed by atoms with Gasteiger partial charge in [0.2, 0.25) is 0 Å². The van der Waals surface area contributed by atoms with Crippen LogP contribution >= 0.6 is 7.14 Å². The largest absolute Gasteiger partial charge is 3.00 e. The van der Waals surface area contributed by atoms with Crippen molar-refractivity contribution in [3.8, 4) is 0 Å². The van der Waals surface area contributed by atoms with Crippen molar-refractivity contribution in [2.24, 2.45) is 0 Å². The molecule has 9 heteroatoms. The number of hydrogen-bond donors (Lipinski definition) is 0. The van der Waals surface area contributed by atoms with E-state index in [4.69, 9.17) is 0 Å². The van der Waals surface area contributed by atoms with Crippen LogP contribution in [0.4, 0.5) is 0 Å². The van der Waals surface area contributed by atoms with E-state index in [1.807, 2.05) is 0 Å². The molecule has 0 aliphatic heterocycles. The quantitative estimate of drug-likeness (QED) is 0.172. The minimum atomic E-state index is -1.77. The molecule has 7 nitrogen and oxygen atoms in total. The van der Waals surface area contributed by atoms with Gasteiger partial charge in [0.1, 0.15) is 0 Å². The van der Waals surface area contributed by atoms with Crippen molar-refractivity contribution in [2.45, 2.75) is 101 Å². The summed E-state index contributed by atoms with van der Waals surface area (Å²) in [7, 11) is -1.77. The van der Waals surface area contributed by atoms with Gasteiger partial charge in [-0.25, -0.2) is 0 Å². The SMILES string of the molecule is CC(=O)/C=C(/C)[O-].CC(=O)/C=C(/C)[O-].CC(=O)/C=C(/C)[O-].CCCCP(=O)(CCCC)CCCC.[Gd+3]. The van der Waals surface area contributed by atoms with Crippen molar-refractivity contribution >= 4 is 24.5 Å². The molecule has 0 rings (SSSR count). The summed E-state index contributed by atoms with van der Waals surface area (Å²) in [5, 5.41) is 29.9. The van der Waals surface area contributed by atoms with Crippen molar-refractivity contribution in [1.82, 2.24) is 0 Å². The molecule has 0 aromatic rings. The molecule has 0 N–H and O–H groups in total. The average molecular weight is 673 g/mol. The first kappa shape index (κ1) is 45.1. The first-order valence-electron chi connectivity index (χ1n) is 12.2. The van der Waals surface area contributed by atoms with E-state index < -0.39 is 7.14 Å². The Labute approximate surface area is 252 Å². The number of rotatable bonds is 12. The number of carbonyl (C=O) groups excluding carboxylic acids is 3. The fourth-order valence-corrected chi connectivity index (χ4v) is 5.88. The van der Waals surface area contributed by atoms with Crippen molar-refractivity contribution in [1.29, 1.82) is 0 Å². The maximum Gasteiger partial charge on any atom is 3.00 e. The minimum absolute atomic E-state index is 0. The third-order valence-electron chi connectivity index (χ3n) is 3.98. The van der Waals surface area contributed by atoms with Gasteiger partial charge in [-0.05, 0) is 58.3 Å². The Bertz CT molecular complexity index is 619. The van der Waals surface area contributed by atoms with Crippen LogP contribution in [0.2, 0.25) is 0 Å². The molecular formula is C27H48GdO7P. The van der Waals surface area contributed by atoms with E-state index in [0.717, 1.165) is 56.0 Å². The standard InChI is InChI=1S/C12H27OP.3C5H8O2.Gd/c1-4-7-10-14(13,11-8-5-2)12-9-6-3;3*1-4(6)3-5(2)7;/h4-12H2,1-3H3;3*3,6H,1-2H3;/q;;;;+3/p-3/b;3*4-3-;. The molecule has 36 heavy (non-hydrogen) atoms. The van der Waals surface area contributed by atoms with Crippen LogP contribution in [-0.4, -0.2) is 35.8 Å². The summed E-state index contributed by atoms with van der Waals surface area (Å²) in [6, 6.07) is 0. The molecule has 0 amide bonds. The Morgan fingerprint density at radius 1 is 0.556 bits per heavy atom. The normalized spacial score (nSPS) is 11.3. The van der Waals surface area contributed by atoms with Crippen molar-refractivity contribution in [3.63, 3.8) is 0 Å². The van der Waals surface area contributed by atoms with E-state index in [9.17, 15) is 34.3 Å². The molecule has 0 atom stereocenters. The van der Waals surface area contributed by atoms with Crippen molar-refractivity contribution in [2.75, 3.05) is 18.5 Å². The van der Waals surface area contributed by atoms with Gasteiger partial charge in [-0.3, -0.25) is 14.4 Å². The second-order valence-electron chi connectivity index (χ2n) is 8.39. The Hall–Kier alpha value is -0.815. The van der Waals surface area contributed by atoms with Crippen molar-refractivity contribution < 1.29 is 74.2 Å². The summed E-state index contributed by atoms with van der Waals surface area (Å²) in [5.74, 6) is -1.12. The van der Waals surface area contributed by atoms with Gasteiger partial charge in [-0.2, -0.15) is 0 Å². The van der Waals surface area contributed by atoms with E-state index in [0.29, 0.717) is 0 Å². The van der Waals surface area contributed by atoms with Crippen LogP contribution in [0.25, 0.3) is 0 Å². The third kappa shape index (κ3) is 50.1. The van der Waals surface area contributed by atoms with Gasteiger partial charge in [0.15, 0.2) is 17.3 Å². The van der Waals surface area contributed by atoms with Crippen LogP contribution in [-0.2, 0) is 18.9 Å². The van der Waals surface area contributed by atoms with Crippen LogP contribution < -0.4 is 15.3 Å². The molecule has 0 heterocycles. The topological polar surface area (TPSA) is 137 Å². The molecule has 0 fully saturated rings. The fraction of sp³-hybridized carbons (Fsp3) is 0.667. The van der Waals surface area contributed by atoms with Gasteiger partial charge in [0.05, 0.1) is 7.14 Å². The second kappa shape index (κ2) is 30.4. The Morgan fingerprint density at radius 2 is 0.750 bits per heavy atom. The number of carbonyl (C=O) groups is 3. The Morgan fingerprint density at radius 3 is 0.833 bits per heavy atom. The van der Waals surface area contributed by atoms with Crippen LogP contribution in [0.1, 0.15) is 101 Å². The van der Waals surface area contributed by atoms with Gasteiger partial charge in [-0.1, -0.05) is 60.8 Å². The Balaban J connectivity index is -0.000000125. The van der Waals surface area contributed by atoms with E-state index in [-0.39, 0.29) is 74.6 Å². The zero-order valence-electron chi connectivity index (χ0n) is 23.8. The van der Waals surface area contributed by atoms with E-state index in [1.54, 1.807) is 0 Å². The zero-order valence-corrected chi connectivity index (χ0v) is 26.9. The maximum absolute atomic E-state index is 12.5. The number of unbranched alkanes of at least 4 members (excludes halogenated alkanes) is 3. The summed E-state index contributed by atoms with van der Waals surface area (Å²) >= 11 is 0. The molecule has 0 aromatic carbocycles. The van der Waals surface area contributed by atoms with E-state index in [1.165, 1.54) is 60.8 Å². The minimum Gasteiger partial charge on any atom is -0.876 e. The number of ketones is 3. The van der Waals surface area contributed by atoms with E-state index in [2.05, 4.69) is 20.8 Å². The summed E-state index contributed by atoms with van der Waals surface area (Å²) in [4.78, 5) is 29.9. The predicted molar refractivity (Wildman–Crippen MR) is 140 cm³/mol. The smallest absolute Gasteiger partial charge is 0.876 e. The molecule has 0 aliphatic carbocycles. The van der Waals surface area contributed by atoms with Gasteiger partial charge in [0.25, 0.3) is 0 Å². The molecule has 0 bridgehead atoms. The maximum atomic E-state index is 12.5. The predicted octanol–water partition coefficient (Wildman–Crippen LogP) is 4.27. The molecule has 0 saturated heterocycles. The number of hydrogen-bond acceptors (Lipinski definition) is 7. The summed E-state index contributed by atoms with van der Waals surface area (Å²) < 4.78 is 12.5. The summed E-state index contributed by atoms with van der Waals surface area (Å²) in [5.41, 5.74) is 0. The number of allylic oxidation sites excluding steroid dienone is 6. The van der Waals surface area contributed by atoms with Gasteiger partial charge >= 0.3 is 39.9 Å². The molecule has 0 spiro atoms. The first-order valence-corrected chi connectivity index (χ1v) is 14.5. The molecule has 0 aromatic heterocycles. The molecule has 0 saturated carbocycles. The van der Waals surface area contributed by atoms with Crippen LogP contribution in [0.15, 0.2) is 35.5 Å². The van der Waals surface area contributed by atoms with Crippen LogP contribution in [0, 0.1) is 39.9 Å². The average Bonchev–Trinajstić information content (AvgIpc) is 2.68. The first-order chi connectivity index (χ1) is 16.1.